The Hall–Kier alpha value is -2.95. The van der Waals surface area contributed by atoms with E-state index in [0.717, 1.165) is 17.0 Å². The Morgan fingerprint density at radius 1 is 1.06 bits per heavy atom. The maximum Gasteiger partial charge on any atom is 0.317 e. The van der Waals surface area contributed by atoms with Gasteiger partial charge < -0.3 is 34.5 Å². The van der Waals surface area contributed by atoms with Gasteiger partial charge in [-0.25, -0.2) is 14.8 Å². The molecule has 0 spiro atoms. The highest BCUT2D eigenvalue weighted by Crippen LogP contribution is 2.29. The number of fused-ring (bicyclic) bond motifs is 1. The number of ether oxygens (including phenoxy) is 4. The van der Waals surface area contributed by atoms with Gasteiger partial charge in [-0.2, -0.15) is 0 Å². The Labute approximate surface area is 186 Å². The summed E-state index contributed by atoms with van der Waals surface area (Å²) in [6.07, 6.45) is 1.34. The van der Waals surface area contributed by atoms with Crippen LogP contribution in [0.1, 0.15) is 0 Å². The second-order valence-corrected chi connectivity index (χ2v) is 8.00. The molecule has 3 saturated heterocycles. The third-order valence-corrected chi connectivity index (χ3v) is 6.02. The number of rotatable bonds is 5. The van der Waals surface area contributed by atoms with Gasteiger partial charge in [-0.15, -0.1) is 0 Å². The number of hydrogen-bond donors (Lipinski definition) is 2. The number of nitrogens with zero attached hydrogens (tertiary/aromatic N) is 3. The first-order valence-electron chi connectivity index (χ1n) is 10.8. The molecule has 10 nitrogen and oxygen atoms in total. The first-order valence-corrected chi connectivity index (χ1v) is 10.8. The van der Waals surface area contributed by atoms with Crippen LogP contribution >= 0.6 is 0 Å². The highest BCUT2D eigenvalue weighted by molar-refractivity contribution is 5.74. The normalized spacial score (nSPS) is 27.1. The van der Waals surface area contributed by atoms with Crippen LogP contribution in [-0.4, -0.2) is 91.8 Å². The molecular weight excluding hydrogens is 414 g/mol. The van der Waals surface area contributed by atoms with Gasteiger partial charge in [0.2, 0.25) is 5.95 Å². The van der Waals surface area contributed by atoms with Gasteiger partial charge in [0.1, 0.15) is 18.0 Å². The van der Waals surface area contributed by atoms with Gasteiger partial charge in [0.15, 0.2) is 0 Å². The topological polar surface area (TPSA) is 107 Å². The molecule has 1 aromatic carbocycles. The lowest BCUT2D eigenvalue weighted by Gasteiger charge is -2.29. The van der Waals surface area contributed by atoms with Crippen LogP contribution in [0.25, 0.3) is 11.3 Å². The molecule has 3 aliphatic rings. The number of anilines is 1. The molecule has 0 saturated carbocycles. The van der Waals surface area contributed by atoms with E-state index in [1.165, 1.54) is 0 Å². The second-order valence-electron chi connectivity index (χ2n) is 8.00. The molecule has 5 rings (SSSR count). The zero-order valence-corrected chi connectivity index (χ0v) is 17.9. The maximum atomic E-state index is 12.5. The van der Waals surface area contributed by atoms with Crippen LogP contribution in [0.5, 0.6) is 5.75 Å². The molecule has 4 atom stereocenters. The zero-order valence-electron chi connectivity index (χ0n) is 17.9. The predicted octanol–water partition coefficient (Wildman–Crippen LogP) is 1.14. The lowest BCUT2D eigenvalue weighted by molar-refractivity contribution is 0.0485. The number of benzene rings is 1. The molecule has 2 N–H and O–H groups in total. The van der Waals surface area contributed by atoms with E-state index in [9.17, 15) is 4.79 Å². The van der Waals surface area contributed by atoms with Crippen LogP contribution in [0.2, 0.25) is 0 Å². The number of amides is 2. The van der Waals surface area contributed by atoms with Gasteiger partial charge in [-0.3, -0.25) is 0 Å². The van der Waals surface area contributed by atoms with E-state index in [0.29, 0.717) is 45.5 Å². The summed E-state index contributed by atoms with van der Waals surface area (Å²) in [4.78, 5) is 23.3. The summed E-state index contributed by atoms with van der Waals surface area (Å²) in [6.45, 7) is 3.20. The van der Waals surface area contributed by atoms with Gasteiger partial charge in [0.25, 0.3) is 0 Å². The summed E-state index contributed by atoms with van der Waals surface area (Å²) in [5.74, 6) is 1.31. The van der Waals surface area contributed by atoms with Crippen LogP contribution in [-0.2, 0) is 14.2 Å². The fraction of sp³-hybridized carbons (Fsp3) is 0.500. The molecule has 4 heterocycles. The molecule has 170 valence electrons. The van der Waals surface area contributed by atoms with E-state index in [2.05, 4.69) is 20.6 Å². The SMILES string of the molecule is COc1ccc(-c2ccnc(N[C@@H]3CO[C@@H]4[C@@H]3OC[C@@H]4NC(=O)N3CCOCC3)n2)cc1. The fourth-order valence-electron chi connectivity index (χ4n) is 4.28. The number of hydrogen-bond acceptors (Lipinski definition) is 8. The highest BCUT2D eigenvalue weighted by Gasteiger charge is 2.48. The van der Waals surface area contributed by atoms with Crippen LogP contribution in [0.4, 0.5) is 10.7 Å². The van der Waals surface area contributed by atoms with Crippen molar-refractivity contribution in [3.8, 4) is 17.0 Å². The van der Waals surface area contributed by atoms with Crippen molar-refractivity contribution in [3.63, 3.8) is 0 Å². The molecule has 0 radical (unpaired) electrons. The van der Waals surface area contributed by atoms with Crippen LogP contribution in [0.15, 0.2) is 36.5 Å². The molecule has 2 amide bonds. The van der Waals surface area contributed by atoms with E-state index in [1.54, 1.807) is 18.2 Å². The monoisotopic (exact) mass is 441 g/mol. The van der Waals surface area contributed by atoms with Crippen molar-refractivity contribution in [2.75, 3.05) is 51.9 Å². The third kappa shape index (κ3) is 4.34. The minimum Gasteiger partial charge on any atom is -0.497 e. The minimum atomic E-state index is -0.206. The zero-order chi connectivity index (χ0) is 21.9. The van der Waals surface area contributed by atoms with Crippen molar-refractivity contribution < 1.29 is 23.7 Å². The largest absolute Gasteiger partial charge is 0.497 e. The molecule has 3 aliphatic heterocycles. The van der Waals surface area contributed by atoms with E-state index in [1.807, 2.05) is 30.3 Å². The van der Waals surface area contributed by atoms with E-state index < -0.39 is 0 Å². The summed E-state index contributed by atoms with van der Waals surface area (Å²) in [5, 5.41) is 6.40. The van der Waals surface area contributed by atoms with Crippen LogP contribution in [0, 0.1) is 0 Å². The smallest absolute Gasteiger partial charge is 0.317 e. The van der Waals surface area contributed by atoms with E-state index in [4.69, 9.17) is 18.9 Å². The number of aromatic nitrogens is 2. The van der Waals surface area contributed by atoms with E-state index >= 15 is 0 Å². The van der Waals surface area contributed by atoms with Crippen LogP contribution < -0.4 is 15.4 Å². The third-order valence-electron chi connectivity index (χ3n) is 6.02. The summed E-state index contributed by atoms with van der Waals surface area (Å²) < 4.78 is 22.5. The van der Waals surface area contributed by atoms with Gasteiger partial charge in [-0.1, -0.05) is 0 Å². The van der Waals surface area contributed by atoms with Gasteiger partial charge in [-0.05, 0) is 30.3 Å². The predicted molar refractivity (Wildman–Crippen MR) is 116 cm³/mol. The summed E-state index contributed by atoms with van der Waals surface area (Å²) in [6, 6.07) is 9.20. The lowest BCUT2D eigenvalue weighted by atomic mass is 10.1. The number of nitrogens with one attached hydrogen (secondary N) is 2. The molecule has 0 unspecified atom stereocenters. The number of methoxy groups -OCH3 is 1. The first-order chi connectivity index (χ1) is 15.7. The van der Waals surface area contributed by atoms with Gasteiger partial charge in [0, 0.05) is 24.8 Å². The molecule has 2 aromatic rings. The average Bonchev–Trinajstić information content (AvgIpc) is 3.43. The van der Waals surface area contributed by atoms with Crippen molar-refractivity contribution in [3.05, 3.63) is 36.5 Å². The Balaban J connectivity index is 1.20. The number of urea groups is 1. The average molecular weight is 441 g/mol. The lowest BCUT2D eigenvalue weighted by Crippen LogP contribution is -2.52. The highest BCUT2D eigenvalue weighted by atomic mass is 16.6. The summed E-state index contributed by atoms with van der Waals surface area (Å²) >= 11 is 0. The molecule has 10 heteroatoms. The van der Waals surface area contributed by atoms with E-state index in [-0.39, 0.29) is 30.3 Å². The fourth-order valence-corrected chi connectivity index (χ4v) is 4.28. The van der Waals surface area contributed by atoms with Gasteiger partial charge in [0.05, 0.1) is 51.3 Å². The van der Waals surface area contributed by atoms with Gasteiger partial charge >= 0.3 is 6.03 Å². The number of morpholine rings is 1. The van der Waals surface area contributed by atoms with Crippen molar-refractivity contribution in [1.29, 1.82) is 0 Å². The van der Waals surface area contributed by atoms with Crippen molar-refractivity contribution in [1.82, 2.24) is 20.2 Å². The molecule has 3 fully saturated rings. The molecule has 0 aliphatic carbocycles. The standard InChI is InChI=1S/C22H27N5O5/c1-29-15-4-2-14(3-5-15)16-6-7-23-21(24-16)25-17-12-31-20-18(13-32-19(17)20)26-22(28)27-8-10-30-11-9-27/h2-7,17-20H,8-13H2,1H3,(H,26,28)(H,23,24,25)/t17-,18+,19-,20+/m1/s1. The molecule has 32 heavy (non-hydrogen) atoms. The number of carbonyl (C=O) groups excluding carboxylic acids is 1. The summed E-state index contributed by atoms with van der Waals surface area (Å²) in [5.41, 5.74) is 1.78. The molecule has 0 bridgehead atoms. The Kier molecular flexibility index (Phi) is 6.06. The Morgan fingerprint density at radius 2 is 1.78 bits per heavy atom. The van der Waals surface area contributed by atoms with Crippen LogP contribution in [0.3, 0.4) is 0 Å². The van der Waals surface area contributed by atoms with Crippen molar-refractivity contribution in [2.45, 2.75) is 24.3 Å². The van der Waals surface area contributed by atoms with Crippen molar-refractivity contribution >= 4 is 12.0 Å². The molecule has 1 aromatic heterocycles. The Morgan fingerprint density at radius 3 is 2.53 bits per heavy atom. The quantitative estimate of drug-likeness (QED) is 0.712. The first kappa shape index (κ1) is 20.9. The van der Waals surface area contributed by atoms with Crippen molar-refractivity contribution in [2.24, 2.45) is 0 Å². The minimum absolute atomic E-state index is 0.0990. The maximum absolute atomic E-state index is 12.5. The second kappa shape index (κ2) is 9.27. The summed E-state index contributed by atoms with van der Waals surface area (Å²) in [7, 11) is 1.64. The molecular formula is C22H27N5O5. The number of carbonyl (C=O) groups is 1. The Bertz CT molecular complexity index is 937.